The van der Waals surface area contributed by atoms with E-state index in [1.54, 1.807) is 6.92 Å². The summed E-state index contributed by atoms with van der Waals surface area (Å²) in [4.78, 5) is 27.9. The third-order valence-electron chi connectivity index (χ3n) is 9.90. The number of piperazine rings is 1. The third kappa shape index (κ3) is 6.54. The van der Waals surface area contributed by atoms with Crippen LogP contribution in [0, 0.1) is 30.0 Å². The smallest absolute Gasteiger partial charge is 0.396 e. The Kier molecular flexibility index (Phi) is 9.59. The number of rotatable bonds is 7. The number of aromatic nitrogens is 2. The Labute approximate surface area is 266 Å². The van der Waals surface area contributed by atoms with Crippen molar-refractivity contribution in [3.8, 4) is 6.07 Å². The monoisotopic (exact) mass is 645 g/mol. The van der Waals surface area contributed by atoms with Gasteiger partial charge in [-0.25, -0.2) is 18.7 Å². The number of aryl methyl sites for hydroxylation is 2. The molecule has 3 aliphatic rings. The van der Waals surface area contributed by atoms with E-state index < -0.39 is 52.7 Å². The number of carbonyl (C=O) groups is 1. The molecule has 4 atom stereocenters. The molecule has 46 heavy (non-hydrogen) atoms. The van der Waals surface area contributed by atoms with Crippen molar-refractivity contribution < 1.29 is 26.7 Å². The van der Waals surface area contributed by atoms with Gasteiger partial charge in [0.1, 0.15) is 17.5 Å². The quantitative estimate of drug-likeness (QED) is 0.242. The summed E-state index contributed by atoms with van der Waals surface area (Å²) < 4.78 is 72.5. The van der Waals surface area contributed by atoms with Crippen molar-refractivity contribution in [1.82, 2.24) is 19.8 Å². The maximum Gasteiger partial charge on any atom is 0.417 e. The molecule has 2 aliphatic heterocycles. The van der Waals surface area contributed by atoms with Gasteiger partial charge in [-0.2, -0.15) is 18.4 Å². The van der Waals surface area contributed by atoms with Crippen LogP contribution in [0.3, 0.4) is 0 Å². The molecule has 2 saturated heterocycles. The van der Waals surface area contributed by atoms with E-state index in [0.29, 0.717) is 36.3 Å². The highest BCUT2D eigenvalue weighted by atomic mass is 19.4. The van der Waals surface area contributed by atoms with E-state index in [0.717, 1.165) is 37.4 Å². The summed E-state index contributed by atoms with van der Waals surface area (Å²) in [5.41, 5.74) is 5.31. The second-order valence-electron chi connectivity index (χ2n) is 12.9. The Morgan fingerprint density at radius 3 is 2.57 bits per heavy atom. The molecule has 8 nitrogen and oxygen atoms in total. The molecule has 0 spiro atoms. The Morgan fingerprint density at radius 2 is 1.93 bits per heavy atom. The van der Waals surface area contributed by atoms with Crippen LogP contribution in [0.4, 0.5) is 33.5 Å². The van der Waals surface area contributed by atoms with Crippen LogP contribution in [0.2, 0.25) is 0 Å². The molecule has 2 fully saturated rings. The molecule has 13 heteroatoms. The number of fused-ring (bicyclic) bond motifs is 1. The second-order valence-corrected chi connectivity index (χ2v) is 12.9. The van der Waals surface area contributed by atoms with Gasteiger partial charge in [-0.05, 0) is 76.1 Å². The van der Waals surface area contributed by atoms with Gasteiger partial charge in [0.2, 0.25) is 0 Å². The molecule has 0 bridgehead atoms. The van der Waals surface area contributed by atoms with Crippen molar-refractivity contribution >= 4 is 17.4 Å². The van der Waals surface area contributed by atoms with Crippen LogP contribution < -0.4 is 10.6 Å². The van der Waals surface area contributed by atoms with Gasteiger partial charge in [0.25, 0.3) is 5.91 Å². The topological polar surface area (TPSA) is 102 Å². The average Bonchev–Trinajstić information content (AvgIpc) is 3.40. The zero-order chi connectivity index (χ0) is 33.5. The predicted octanol–water partition coefficient (Wildman–Crippen LogP) is 5.48. The van der Waals surface area contributed by atoms with Crippen molar-refractivity contribution in [2.45, 2.75) is 83.0 Å². The van der Waals surface area contributed by atoms with E-state index in [4.69, 9.17) is 15.7 Å². The maximum absolute atomic E-state index is 15.6. The molecule has 0 radical (unpaired) electrons. The number of benzene rings is 1. The van der Waals surface area contributed by atoms with Gasteiger partial charge in [-0.3, -0.25) is 4.79 Å². The van der Waals surface area contributed by atoms with E-state index in [1.807, 2.05) is 4.90 Å². The molecule has 0 saturated carbocycles. The van der Waals surface area contributed by atoms with Gasteiger partial charge in [-0.15, -0.1) is 0 Å². The molecule has 1 aromatic heterocycles. The number of likely N-dealkylation sites (tertiary alicyclic amines) is 1. The summed E-state index contributed by atoms with van der Waals surface area (Å²) >= 11 is 0. The first kappa shape index (κ1) is 33.6. The van der Waals surface area contributed by atoms with Crippen molar-refractivity contribution in [3.63, 3.8) is 0 Å². The predicted molar refractivity (Wildman–Crippen MR) is 164 cm³/mol. The molecular weight excluding hydrogens is 605 g/mol. The lowest BCUT2D eigenvalue weighted by Gasteiger charge is -2.42. The second kappa shape index (κ2) is 13.1. The number of halogens is 5. The van der Waals surface area contributed by atoms with Gasteiger partial charge >= 0.3 is 6.18 Å². The lowest BCUT2D eigenvalue weighted by Crippen LogP contribution is -2.55. The largest absolute Gasteiger partial charge is 0.417 e. The van der Waals surface area contributed by atoms with Crippen molar-refractivity contribution in [2.75, 3.05) is 43.9 Å². The number of nitrogens with two attached hydrogens (primary N) is 1. The highest BCUT2D eigenvalue weighted by molar-refractivity contribution is 5.91. The van der Waals surface area contributed by atoms with Gasteiger partial charge < -0.3 is 20.4 Å². The molecule has 0 unspecified atom stereocenters. The van der Waals surface area contributed by atoms with E-state index in [1.165, 1.54) is 11.8 Å². The van der Waals surface area contributed by atoms with Crippen molar-refractivity contribution in [3.05, 3.63) is 58.1 Å². The lowest BCUT2D eigenvalue weighted by molar-refractivity contribution is -0.139. The number of carbonyl (C=O) groups excluding carboxylic acids is 1. The number of amides is 1. The van der Waals surface area contributed by atoms with Crippen LogP contribution in [0.25, 0.3) is 0 Å². The van der Waals surface area contributed by atoms with Crippen LogP contribution in [-0.2, 0) is 30.2 Å². The van der Waals surface area contributed by atoms with E-state index in [2.05, 4.69) is 24.6 Å². The first-order chi connectivity index (χ1) is 21.7. The zero-order valence-electron chi connectivity index (χ0n) is 26.4. The van der Waals surface area contributed by atoms with Gasteiger partial charge in [0, 0.05) is 43.2 Å². The van der Waals surface area contributed by atoms with Gasteiger partial charge in [0.15, 0.2) is 5.83 Å². The molecule has 2 N–H and O–H groups in total. The first-order valence-corrected chi connectivity index (χ1v) is 15.7. The number of nitrogen functional groups attached to an aromatic ring is 1. The molecular formula is C33H40F5N7O. The average molecular weight is 646 g/mol. The SMILES string of the molecule is C=C(F)C(=O)N1CCN(c2nc(CC[C@@H]3CCCN3C)nc3c2C[C@@H](C)[C@H](c2c(F)c(N)cc(C)c2C(F)(F)F)C3)C[C@H]1CC#N. The number of hydrogen-bond donors (Lipinski definition) is 1. The normalized spacial score (nSPS) is 23.7. The fourth-order valence-corrected chi connectivity index (χ4v) is 7.54. The van der Waals surface area contributed by atoms with Gasteiger partial charge in [0.05, 0.1) is 35.5 Å². The number of nitrogens with zero attached hydrogens (tertiary/aromatic N) is 6. The fraction of sp³-hybridized carbons (Fsp3) is 0.576. The van der Waals surface area contributed by atoms with E-state index in [9.17, 15) is 27.6 Å². The van der Waals surface area contributed by atoms with Crippen molar-refractivity contribution in [2.24, 2.45) is 5.92 Å². The molecule has 2 aromatic rings. The summed E-state index contributed by atoms with van der Waals surface area (Å²) in [7, 11) is 2.07. The summed E-state index contributed by atoms with van der Waals surface area (Å²) in [5.74, 6) is -3.13. The number of alkyl halides is 3. The Morgan fingerprint density at radius 1 is 1.20 bits per heavy atom. The summed E-state index contributed by atoms with van der Waals surface area (Å²) in [6.07, 6.45) is -0.976. The Balaban J connectivity index is 1.56. The van der Waals surface area contributed by atoms with Crippen LogP contribution >= 0.6 is 0 Å². The zero-order valence-corrected chi connectivity index (χ0v) is 26.4. The fourth-order valence-electron chi connectivity index (χ4n) is 7.54. The minimum Gasteiger partial charge on any atom is -0.396 e. The standard InChI is InChI=1S/C33H40F5N7O/c1-18-14-24-26(16-23(18)28-29(33(36,37)38)19(2)15-25(40)30(28)35)41-27(8-7-21-6-5-11-43(21)4)42-31(24)44-12-13-45(32(46)20(3)34)22(17-44)9-10-39/h15,18,21-23H,3,5-9,11-14,16-17,40H2,1-2,4H3/t18-,21+,22-,23-/m1/s1. The highest BCUT2D eigenvalue weighted by Crippen LogP contribution is 2.47. The summed E-state index contributed by atoms with van der Waals surface area (Å²) in [6, 6.07) is 2.85. The lowest BCUT2D eigenvalue weighted by atomic mass is 9.73. The minimum absolute atomic E-state index is 0.0313. The van der Waals surface area contributed by atoms with Crippen LogP contribution in [-0.4, -0.2) is 71.0 Å². The first-order valence-electron chi connectivity index (χ1n) is 15.7. The van der Waals surface area contributed by atoms with E-state index in [-0.39, 0.29) is 43.6 Å². The summed E-state index contributed by atoms with van der Waals surface area (Å²) in [5, 5.41) is 9.49. The van der Waals surface area contributed by atoms with Crippen LogP contribution in [0.1, 0.15) is 72.3 Å². The number of nitriles is 1. The Hall–Kier alpha value is -3.79. The number of anilines is 2. The summed E-state index contributed by atoms with van der Waals surface area (Å²) in [6.45, 7) is 7.86. The molecule has 1 aromatic carbocycles. The van der Waals surface area contributed by atoms with Crippen LogP contribution in [0.15, 0.2) is 18.5 Å². The highest BCUT2D eigenvalue weighted by Gasteiger charge is 2.43. The van der Waals surface area contributed by atoms with Gasteiger partial charge in [-0.1, -0.05) is 13.5 Å². The minimum atomic E-state index is -4.78. The third-order valence-corrected chi connectivity index (χ3v) is 9.90. The number of hydrogen-bond acceptors (Lipinski definition) is 7. The maximum atomic E-state index is 15.6. The molecule has 3 heterocycles. The molecule has 1 aliphatic carbocycles. The molecule has 5 rings (SSSR count). The van der Waals surface area contributed by atoms with Crippen LogP contribution in [0.5, 0.6) is 0 Å². The van der Waals surface area contributed by atoms with Crippen molar-refractivity contribution in [1.29, 1.82) is 5.26 Å². The Bertz CT molecular complexity index is 1550. The van der Waals surface area contributed by atoms with E-state index >= 15 is 4.39 Å². The molecule has 248 valence electrons. The molecule has 1 amide bonds.